The van der Waals surface area contributed by atoms with Crippen molar-refractivity contribution < 1.29 is 18.7 Å². The fourth-order valence-corrected chi connectivity index (χ4v) is 8.17. The number of ether oxygens (including phenoxy) is 1. The number of aliphatic hydroxyl groups excluding tert-OH is 1. The van der Waals surface area contributed by atoms with Gasteiger partial charge in [0.15, 0.2) is 22.9 Å². The first kappa shape index (κ1) is 24.2. The summed E-state index contributed by atoms with van der Waals surface area (Å²) in [6.07, 6.45) is 0.714. The van der Waals surface area contributed by atoms with Crippen molar-refractivity contribution in [2.24, 2.45) is 0 Å². The summed E-state index contributed by atoms with van der Waals surface area (Å²) in [5.74, 6) is 0.134. The minimum absolute atomic E-state index is 0.134. The predicted molar refractivity (Wildman–Crippen MR) is 119 cm³/mol. The summed E-state index contributed by atoms with van der Waals surface area (Å²) in [5, 5.41) is 11.0. The fraction of sp³-hybridized carbons (Fsp3) is 0.789. The van der Waals surface area contributed by atoms with Crippen molar-refractivity contribution in [1.29, 1.82) is 0 Å². The molecule has 2 rings (SSSR count). The van der Waals surface area contributed by atoms with Crippen LogP contribution in [0.25, 0.3) is 0 Å². The summed E-state index contributed by atoms with van der Waals surface area (Å²) in [5.41, 5.74) is 5.04. The molecule has 0 aromatic carbocycles. The molecule has 1 saturated heterocycles. The quantitative estimate of drug-likeness (QED) is 0.535. The molecule has 0 aliphatic carbocycles. The van der Waals surface area contributed by atoms with Gasteiger partial charge in [-0.1, -0.05) is 26.7 Å². The minimum atomic E-state index is -2.00. The van der Waals surface area contributed by atoms with E-state index >= 15 is 0 Å². The molecule has 1 aliphatic rings. The molecule has 166 valence electrons. The van der Waals surface area contributed by atoms with Crippen molar-refractivity contribution in [2.75, 3.05) is 12.3 Å². The molecule has 0 spiro atoms. The van der Waals surface area contributed by atoms with Crippen molar-refractivity contribution in [1.82, 2.24) is 9.55 Å². The van der Waals surface area contributed by atoms with E-state index in [0.29, 0.717) is 6.61 Å². The first-order valence-electron chi connectivity index (χ1n) is 10.5. The first-order chi connectivity index (χ1) is 13.5. The van der Waals surface area contributed by atoms with Crippen LogP contribution < -0.4 is 11.4 Å². The van der Waals surface area contributed by atoms with E-state index in [1.807, 2.05) is 0 Å². The molecule has 29 heavy (non-hydrogen) atoms. The van der Waals surface area contributed by atoms with Gasteiger partial charge in [-0.15, -0.1) is 0 Å². The third-order valence-electron chi connectivity index (χ3n) is 5.23. The van der Waals surface area contributed by atoms with Gasteiger partial charge in [-0.2, -0.15) is 4.98 Å². The largest absolute Gasteiger partial charge is 0.415 e. The van der Waals surface area contributed by atoms with Gasteiger partial charge in [-0.05, 0) is 44.3 Å². The van der Waals surface area contributed by atoms with E-state index in [-0.39, 0.29) is 5.82 Å². The van der Waals surface area contributed by atoms with Crippen LogP contribution >= 0.6 is 0 Å². The summed E-state index contributed by atoms with van der Waals surface area (Å²) >= 11 is 0. The second-order valence-electron chi connectivity index (χ2n) is 9.01. The lowest BCUT2D eigenvalue weighted by Crippen LogP contribution is -2.46. The average molecular weight is 444 g/mol. The number of nitrogen functional groups attached to an aromatic ring is 1. The lowest BCUT2D eigenvalue weighted by Gasteiger charge is -2.32. The molecule has 10 heteroatoms. The molecule has 3 N–H and O–H groups in total. The van der Waals surface area contributed by atoms with E-state index in [2.05, 4.69) is 45.0 Å². The topological polar surface area (TPSA) is 109 Å². The van der Waals surface area contributed by atoms with E-state index in [9.17, 15) is 9.90 Å². The number of anilines is 1. The highest BCUT2D eigenvalue weighted by Crippen LogP contribution is 2.34. The van der Waals surface area contributed by atoms with Crippen molar-refractivity contribution in [3.63, 3.8) is 0 Å². The van der Waals surface area contributed by atoms with Crippen molar-refractivity contribution in [3.8, 4) is 0 Å². The van der Waals surface area contributed by atoms with Crippen LogP contribution in [-0.2, 0) is 13.6 Å². The van der Waals surface area contributed by atoms with Crippen LogP contribution in [0.2, 0.25) is 38.3 Å². The van der Waals surface area contributed by atoms with Crippen LogP contribution in [0.4, 0.5) is 5.82 Å². The molecule has 1 fully saturated rings. The van der Waals surface area contributed by atoms with Gasteiger partial charge in [0, 0.05) is 6.20 Å². The van der Waals surface area contributed by atoms with Gasteiger partial charge in [0.1, 0.15) is 24.1 Å². The summed E-state index contributed by atoms with van der Waals surface area (Å²) in [7, 11) is -3.82. The second kappa shape index (κ2) is 9.84. The molecular formula is C19H37N3O5Si2. The molecule has 8 nitrogen and oxygen atoms in total. The summed E-state index contributed by atoms with van der Waals surface area (Å²) in [4.78, 5) is 16.1. The standard InChI is InChI=1S/C19H37N3O5Si2/c1-7-11-28(3,4)25-13-14-17(27-29(5,6)12-8-2)16(23)18(26-14)22-10-9-15(20)21-19(22)24/h9-10,14,16-18,23H,7-8,11-13H2,1-6H3,(H2,20,21,24). The Bertz CT molecular complexity index is 728. The van der Waals surface area contributed by atoms with Crippen LogP contribution in [-0.4, -0.2) is 56.2 Å². The van der Waals surface area contributed by atoms with Gasteiger partial charge in [0.25, 0.3) is 0 Å². The van der Waals surface area contributed by atoms with Crippen molar-refractivity contribution in [3.05, 3.63) is 22.7 Å². The Labute approximate surface area is 175 Å². The molecule has 0 radical (unpaired) electrons. The molecule has 1 aliphatic heterocycles. The Morgan fingerprint density at radius 1 is 1.21 bits per heavy atom. The number of hydrogen-bond donors (Lipinski definition) is 2. The van der Waals surface area contributed by atoms with E-state index in [1.165, 1.54) is 16.8 Å². The average Bonchev–Trinajstić information content (AvgIpc) is 2.89. The third kappa shape index (κ3) is 6.46. The Balaban J connectivity index is 2.26. The normalized spacial score (nSPS) is 25.5. The number of aliphatic hydroxyl groups is 1. The van der Waals surface area contributed by atoms with Crippen molar-refractivity contribution in [2.45, 2.75) is 89.5 Å². The molecule has 2 heterocycles. The van der Waals surface area contributed by atoms with Gasteiger partial charge >= 0.3 is 5.69 Å². The predicted octanol–water partition coefficient (Wildman–Crippen LogP) is 2.72. The second-order valence-corrected chi connectivity index (χ2v) is 17.6. The van der Waals surface area contributed by atoms with Crippen LogP contribution in [0.3, 0.4) is 0 Å². The zero-order valence-electron chi connectivity index (χ0n) is 18.6. The van der Waals surface area contributed by atoms with Crippen LogP contribution in [0.5, 0.6) is 0 Å². The van der Waals surface area contributed by atoms with E-state index in [0.717, 1.165) is 24.9 Å². The lowest BCUT2D eigenvalue weighted by molar-refractivity contribution is -0.0523. The lowest BCUT2D eigenvalue weighted by atomic mass is 10.1. The highest BCUT2D eigenvalue weighted by atomic mass is 28.4. The van der Waals surface area contributed by atoms with Gasteiger partial charge in [0.05, 0.1) is 6.61 Å². The molecule has 4 atom stereocenters. The summed E-state index contributed by atoms with van der Waals surface area (Å²) in [6.45, 7) is 13.3. The van der Waals surface area contributed by atoms with Gasteiger partial charge < -0.3 is 24.4 Å². The Morgan fingerprint density at radius 2 is 1.83 bits per heavy atom. The highest BCUT2D eigenvalue weighted by molar-refractivity contribution is 6.71. The van der Waals surface area contributed by atoms with Crippen molar-refractivity contribution >= 4 is 22.5 Å². The smallest absolute Gasteiger partial charge is 0.351 e. The Morgan fingerprint density at radius 3 is 2.41 bits per heavy atom. The van der Waals surface area contributed by atoms with E-state index in [1.54, 1.807) is 0 Å². The van der Waals surface area contributed by atoms with Crippen LogP contribution in [0, 0.1) is 0 Å². The molecule has 1 aromatic rings. The molecule has 4 unspecified atom stereocenters. The number of nitrogens with two attached hydrogens (primary N) is 1. The Kier molecular flexibility index (Phi) is 8.22. The maximum Gasteiger partial charge on any atom is 0.351 e. The zero-order chi connectivity index (χ0) is 21.8. The molecule has 0 bridgehead atoms. The SMILES string of the molecule is CCC[Si](C)(C)OCC1OC(n2ccc(N)nc2=O)C(O)C1O[Si](C)(C)CCC. The van der Waals surface area contributed by atoms with E-state index < -0.39 is 46.9 Å². The molecule has 1 aromatic heterocycles. The first-order valence-corrected chi connectivity index (χ1v) is 16.7. The molecular weight excluding hydrogens is 406 g/mol. The number of hydrogen-bond acceptors (Lipinski definition) is 7. The summed E-state index contributed by atoms with van der Waals surface area (Å²) < 4.78 is 20.1. The molecule has 0 amide bonds. The Hall–Kier alpha value is -1.05. The van der Waals surface area contributed by atoms with E-state index in [4.69, 9.17) is 19.3 Å². The van der Waals surface area contributed by atoms with Crippen LogP contribution in [0.15, 0.2) is 17.1 Å². The fourth-order valence-electron chi connectivity index (χ4n) is 3.86. The minimum Gasteiger partial charge on any atom is -0.415 e. The highest BCUT2D eigenvalue weighted by Gasteiger charge is 2.48. The van der Waals surface area contributed by atoms with Gasteiger partial charge in [0.2, 0.25) is 0 Å². The third-order valence-corrected chi connectivity index (χ3v) is 10.5. The summed E-state index contributed by atoms with van der Waals surface area (Å²) in [6, 6.07) is 3.55. The maximum atomic E-state index is 12.3. The van der Waals surface area contributed by atoms with Gasteiger partial charge in [-0.3, -0.25) is 4.57 Å². The number of aromatic nitrogens is 2. The molecule has 0 saturated carbocycles. The number of nitrogens with zero attached hydrogens (tertiary/aromatic N) is 2. The van der Waals surface area contributed by atoms with Gasteiger partial charge in [-0.25, -0.2) is 4.79 Å². The maximum absolute atomic E-state index is 12.3. The van der Waals surface area contributed by atoms with Crippen LogP contribution in [0.1, 0.15) is 32.9 Å². The zero-order valence-corrected chi connectivity index (χ0v) is 20.6. The number of rotatable bonds is 10. The monoisotopic (exact) mass is 443 g/mol.